The van der Waals surface area contributed by atoms with Gasteiger partial charge in [0.2, 0.25) is 0 Å². The van der Waals surface area contributed by atoms with Crippen molar-refractivity contribution >= 4 is 0 Å². The van der Waals surface area contributed by atoms with Gasteiger partial charge in [0.1, 0.15) is 6.61 Å². The third-order valence-electron chi connectivity index (χ3n) is 2.59. The molecule has 1 aromatic heterocycles. The van der Waals surface area contributed by atoms with Crippen LogP contribution in [0.1, 0.15) is 18.1 Å². The second-order valence-corrected chi connectivity index (χ2v) is 3.75. The van der Waals surface area contributed by atoms with Gasteiger partial charge in [0.15, 0.2) is 5.75 Å². The van der Waals surface area contributed by atoms with Crippen LogP contribution < -0.4 is 4.74 Å². The molecule has 16 heavy (non-hydrogen) atoms. The molecule has 2 aromatic rings. The molecule has 0 saturated carbocycles. The van der Waals surface area contributed by atoms with E-state index in [2.05, 4.69) is 31.1 Å². The van der Waals surface area contributed by atoms with E-state index in [1.165, 1.54) is 11.1 Å². The minimum atomic E-state index is 0.599. The Morgan fingerprint density at radius 1 is 1.31 bits per heavy atom. The molecule has 3 heteroatoms. The highest BCUT2D eigenvalue weighted by molar-refractivity contribution is 5.25. The molecule has 0 fully saturated rings. The predicted octanol–water partition coefficient (Wildman–Crippen LogP) is 2.79. The van der Waals surface area contributed by atoms with Gasteiger partial charge in [-0.2, -0.15) is 5.10 Å². The Labute approximate surface area is 95.7 Å². The van der Waals surface area contributed by atoms with Gasteiger partial charge in [0, 0.05) is 6.54 Å². The molecule has 84 valence electrons. The summed E-state index contributed by atoms with van der Waals surface area (Å²) in [4.78, 5) is 0. The molecule has 2 rings (SSSR count). The monoisotopic (exact) mass is 216 g/mol. The first-order valence-corrected chi connectivity index (χ1v) is 5.49. The Kier molecular flexibility index (Phi) is 3.25. The zero-order valence-electron chi connectivity index (χ0n) is 9.68. The highest BCUT2D eigenvalue weighted by atomic mass is 16.5. The van der Waals surface area contributed by atoms with Gasteiger partial charge in [-0.05, 0) is 25.0 Å². The summed E-state index contributed by atoms with van der Waals surface area (Å²) in [6.07, 6.45) is 3.67. The van der Waals surface area contributed by atoms with E-state index in [0.717, 1.165) is 12.3 Å². The van der Waals surface area contributed by atoms with Crippen molar-refractivity contribution in [3.05, 3.63) is 47.8 Å². The summed E-state index contributed by atoms with van der Waals surface area (Å²) in [5.41, 5.74) is 2.47. The summed E-state index contributed by atoms with van der Waals surface area (Å²) in [6, 6.07) is 8.24. The second kappa shape index (κ2) is 4.84. The third-order valence-corrected chi connectivity index (χ3v) is 2.59. The Morgan fingerprint density at radius 3 is 2.81 bits per heavy atom. The van der Waals surface area contributed by atoms with Gasteiger partial charge in [0.05, 0.1) is 12.4 Å². The Hall–Kier alpha value is -1.77. The molecule has 0 radical (unpaired) electrons. The molecule has 0 amide bonds. The molecule has 0 N–H and O–H groups in total. The molecule has 0 aliphatic rings. The van der Waals surface area contributed by atoms with Gasteiger partial charge in [-0.1, -0.05) is 24.3 Å². The van der Waals surface area contributed by atoms with Gasteiger partial charge in [-0.25, -0.2) is 0 Å². The zero-order chi connectivity index (χ0) is 11.4. The highest BCUT2D eigenvalue weighted by Gasteiger charge is 2.00. The lowest BCUT2D eigenvalue weighted by Gasteiger charge is -2.06. The number of nitrogens with zero attached hydrogens (tertiary/aromatic N) is 2. The van der Waals surface area contributed by atoms with Crippen molar-refractivity contribution in [2.24, 2.45) is 0 Å². The number of benzene rings is 1. The number of hydrogen-bond acceptors (Lipinski definition) is 2. The second-order valence-electron chi connectivity index (χ2n) is 3.75. The number of ether oxygens (including phenoxy) is 1. The van der Waals surface area contributed by atoms with Crippen molar-refractivity contribution in [3.63, 3.8) is 0 Å². The molecule has 0 saturated heterocycles. The predicted molar refractivity (Wildman–Crippen MR) is 63.4 cm³/mol. The standard InChI is InChI=1S/C13H16N2O/c1-3-15-9-13(8-14-15)16-10-12-7-5-4-6-11(12)2/h4-9H,3,10H2,1-2H3. The van der Waals surface area contributed by atoms with Gasteiger partial charge in [-0.15, -0.1) is 0 Å². The Balaban J connectivity index is 1.99. The van der Waals surface area contributed by atoms with Crippen LogP contribution in [0.4, 0.5) is 0 Å². The number of rotatable bonds is 4. The highest BCUT2D eigenvalue weighted by Crippen LogP contribution is 2.13. The van der Waals surface area contributed by atoms with Crippen LogP contribution in [0.2, 0.25) is 0 Å². The maximum atomic E-state index is 5.67. The molecular weight excluding hydrogens is 200 g/mol. The fourth-order valence-corrected chi connectivity index (χ4v) is 1.53. The molecule has 1 aromatic carbocycles. The van der Waals surface area contributed by atoms with Crippen LogP contribution in [0, 0.1) is 6.92 Å². The molecule has 0 spiro atoms. The van der Waals surface area contributed by atoms with E-state index in [-0.39, 0.29) is 0 Å². The topological polar surface area (TPSA) is 27.1 Å². The van der Waals surface area contributed by atoms with Crippen molar-refractivity contribution in [2.75, 3.05) is 0 Å². The molecule has 3 nitrogen and oxygen atoms in total. The smallest absolute Gasteiger partial charge is 0.157 e. The summed E-state index contributed by atoms with van der Waals surface area (Å²) in [5.74, 6) is 0.824. The van der Waals surface area contributed by atoms with E-state index in [1.54, 1.807) is 6.20 Å². The minimum absolute atomic E-state index is 0.599. The van der Waals surface area contributed by atoms with Gasteiger partial charge >= 0.3 is 0 Å². The minimum Gasteiger partial charge on any atom is -0.486 e. The summed E-state index contributed by atoms with van der Waals surface area (Å²) in [6.45, 7) is 5.61. The Bertz CT molecular complexity index is 462. The van der Waals surface area contributed by atoms with Crippen LogP contribution in [0.3, 0.4) is 0 Å². The summed E-state index contributed by atoms with van der Waals surface area (Å²) in [5, 5.41) is 4.16. The normalized spacial score (nSPS) is 10.4. The van der Waals surface area contributed by atoms with E-state index in [1.807, 2.05) is 23.0 Å². The molecule has 0 unspecified atom stereocenters. The number of aryl methyl sites for hydroxylation is 2. The van der Waals surface area contributed by atoms with Crippen molar-refractivity contribution in [1.82, 2.24) is 9.78 Å². The Morgan fingerprint density at radius 2 is 2.12 bits per heavy atom. The van der Waals surface area contributed by atoms with Crippen molar-refractivity contribution < 1.29 is 4.74 Å². The summed E-state index contributed by atoms with van der Waals surface area (Å²) in [7, 11) is 0. The van der Waals surface area contributed by atoms with E-state index in [0.29, 0.717) is 6.61 Å². The first-order chi connectivity index (χ1) is 7.79. The van der Waals surface area contributed by atoms with E-state index >= 15 is 0 Å². The maximum Gasteiger partial charge on any atom is 0.157 e. The van der Waals surface area contributed by atoms with Crippen molar-refractivity contribution in [2.45, 2.75) is 27.0 Å². The quantitative estimate of drug-likeness (QED) is 0.785. The van der Waals surface area contributed by atoms with Gasteiger partial charge < -0.3 is 4.74 Å². The zero-order valence-corrected chi connectivity index (χ0v) is 9.68. The van der Waals surface area contributed by atoms with Crippen molar-refractivity contribution in [3.8, 4) is 5.75 Å². The van der Waals surface area contributed by atoms with E-state index < -0.39 is 0 Å². The van der Waals surface area contributed by atoms with E-state index in [9.17, 15) is 0 Å². The number of aromatic nitrogens is 2. The van der Waals surface area contributed by atoms with Crippen LogP contribution in [0.15, 0.2) is 36.7 Å². The molecule has 0 atom stereocenters. The lowest BCUT2D eigenvalue weighted by atomic mass is 10.1. The summed E-state index contributed by atoms with van der Waals surface area (Å²) < 4.78 is 7.53. The van der Waals surface area contributed by atoms with Gasteiger partial charge in [-0.3, -0.25) is 4.68 Å². The fraction of sp³-hybridized carbons (Fsp3) is 0.308. The van der Waals surface area contributed by atoms with Crippen LogP contribution >= 0.6 is 0 Å². The first-order valence-electron chi connectivity index (χ1n) is 5.49. The molecular formula is C13H16N2O. The van der Waals surface area contributed by atoms with E-state index in [4.69, 9.17) is 4.74 Å². The van der Waals surface area contributed by atoms with Crippen molar-refractivity contribution in [1.29, 1.82) is 0 Å². The molecule has 1 heterocycles. The lowest BCUT2D eigenvalue weighted by Crippen LogP contribution is -1.97. The van der Waals surface area contributed by atoms with Gasteiger partial charge in [0.25, 0.3) is 0 Å². The molecule has 0 bridgehead atoms. The van der Waals surface area contributed by atoms with Crippen LogP contribution in [-0.4, -0.2) is 9.78 Å². The first kappa shape index (κ1) is 10.7. The lowest BCUT2D eigenvalue weighted by molar-refractivity contribution is 0.305. The maximum absolute atomic E-state index is 5.67. The van der Waals surface area contributed by atoms with Crippen LogP contribution in [0.25, 0.3) is 0 Å². The third kappa shape index (κ3) is 2.42. The van der Waals surface area contributed by atoms with Crippen LogP contribution in [0.5, 0.6) is 5.75 Å². The summed E-state index contributed by atoms with van der Waals surface area (Å²) >= 11 is 0. The molecule has 0 aliphatic heterocycles. The largest absolute Gasteiger partial charge is 0.486 e. The SMILES string of the molecule is CCn1cc(OCc2ccccc2C)cn1. The molecule has 0 aliphatic carbocycles. The average Bonchev–Trinajstić information content (AvgIpc) is 2.76. The average molecular weight is 216 g/mol. The fourth-order valence-electron chi connectivity index (χ4n) is 1.53. The number of hydrogen-bond donors (Lipinski definition) is 0. The van der Waals surface area contributed by atoms with Crippen LogP contribution in [-0.2, 0) is 13.2 Å².